The minimum atomic E-state index is -0.405. The molecule has 0 fully saturated rings. The van der Waals surface area contributed by atoms with Crippen molar-refractivity contribution in [1.82, 2.24) is 10.6 Å². The highest BCUT2D eigenvalue weighted by Gasteiger charge is 2.23. The largest absolute Gasteiger partial charge is 0.465 e. The third-order valence-electron chi connectivity index (χ3n) is 2.54. The summed E-state index contributed by atoms with van der Waals surface area (Å²) in [5.41, 5.74) is 0. The number of amides is 1. The third-order valence-corrected chi connectivity index (χ3v) is 2.54. The highest BCUT2D eigenvalue weighted by molar-refractivity contribution is 5.83. The Morgan fingerprint density at radius 3 is 2.33 bits per heavy atom. The van der Waals surface area contributed by atoms with Crippen LogP contribution in [-0.2, 0) is 14.3 Å². The number of esters is 1. The number of ether oxygens (including phenoxy) is 1. The lowest BCUT2D eigenvalue weighted by atomic mass is 10.1. The predicted molar refractivity (Wildman–Crippen MR) is 71.2 cm³/mol. The number of hydrogen-bond donors (Lipinski definition) is 2. The number of rotatable bonds is 9. The molecule has 0 saturated carbocycles. The van der Waals surface area contributed by atoms with Gasteiger partial charge in [0.2, 0.25) is 5.91 Å². The second-order valence-electron chi connectivity index (χ2n) is 4.27. The molecule has 1 amide bonds. The SMILES string of the molecule is CCCNC(=O)C(C)NC(CCC)C(=O)OCC. The molecule has 2 atom stereocenters. The van der Waals surface area contributed by atoms with Crippen LogP contribution in [0.4, 0.5) is 0 Å². The third kappa shape index (κ3) is 6.59. The average molecular weight is 258 g/mol. The van der Waals surface area contributed by atoms with Gasteiger partial charge in [0, 0.05) is 6.54 Å². The molecular formula is C13H26N2O3. The Kier molecular flexibility index (Phi) is 9.28. The van der Waals surface area contributed by atoms with Crippen LogP contribution < -0.4 is 10.6 Å². The Hall–Kier alpha value is -1.10. The van der Waals surface area contributed by atoms with E-state index in [9.17, 15) is 9.59 Å². The summed E-state index contributed by atoms with van der Waals surface area (Å²) in [5, 5.41) is 5.82. The normalized spacial score (nSPS) is 13.8. The molecule has 0 rings (SSSR count). The van der Waals surface area contributed by atoms with Crippen molar-refractivity contribution in [3.63, 3.8) is 0 Å². The van der Waals surface area contributed by atoms with Crippen LogP contribution in [0.1, 0.15) is 47.0 Å². The zero-order valence-electron chi connectivity index (χ0n) is 11.9. The summed E-state index contributed by atoms with van der Waals surface area (Å²) in [6.07, 6.45) is 2.43. The summed E-state index contributed by atoms with van der Waals surface area (Å²) >= 11 is 0. The maximum atomic E-state index is 11.7. The van der Waals surface area contributed by atoms with Gasteiger partial charge in [-0.25, -0.2) is 0 Å². The van der Waals surface area contributed by atoms with Gasteiger partial charge in [0.05, 0.1) is 12.6 Å². The standard InChI is InChI=1S/C13H26N2O3/c1-5-8-11(13(17)18-7-3)15-10(4)12(16)14-9-6-2/h10-11,15H,5-9H2,1-4H3,(H,14,16). The summed E-state index contributed by atoms with van der Waals surface area (Å²) in [4.78, 5) is 23.4. The molecule has 106 valence electrons. The monoisotopic (exact) mass is 258 g/mol. The van der Waals surface area contributed by atoms with Crippen molar-refractivity contribution in [1.29, 1.82) is 0 Å². The molecule has 0 aliphatic rings. The van der Waals surface area contributed by atoms with Gasteiger partial charge in [-0.15, -0.1) is 0 Å². The molecule has 0 spiro atoms. The molecule has 5 heteroatoms. The molecule has 0 aromatic heterocycles. The van der Waals surface area contributed by atoms with Crippen LogP contribution in [0, 0.1) is 0 Å². The summed E-state index contributed by atoms with van der Waals surface area (Å²) in [5.74, 6) is -0.364. The van der Waals surface area contributed by atoms with Crippen LogP contribution >= 0.6 is 0 Å². The number of carbonyl (C=O) groups is 2. The Bertz CT molecular complexity index is 257. The number of nitrogens with one attached hydrogen (secondary N) is 2. The van der Waals surface area contributed by atoms with Gasteiger partial charge in [0.15, 0.2) is 0 Å². The fraction of sp³-hybridized carbons (Fsp3) is 0.846. The van der Waals surface area contributed by atoms with Crippen LogP contribution in [0.3, 0.4) is 0 Å². The van der Waals surface area contributed by atoms with Gasteiger partial charge in [-0.2, -0.15) is 0 Å². The molecule has 0 aliphatic heterocycles. The van der Waals surface area contributed by atoms with Crippen LogP contribution in [0.15, 0.2) is 0 Å². The fourth-order valence-corrected chi connectivity index (χ4v) is 1.58. The smallest absolute Gasteiger partial charge is 0.323 e. The lowest BCUT2D eigenvalue weighted by Gasteiger charge is -2.21. The summed E-state index contributed by atoms with van der Waals surface area (Å²) in [6.45, 7) is 8.54. The van der Waals surface area contributed by atoms with Crippen LogP contribution in [-0.4, -0.2) is 37.1 Å². The topological polar surface area (TPSA) is 67.4 Å². The first-order valence-electron chi connectivity index (χ1n) is 6.77. The Labute approximate surface area is 110 Å². The van der Waals surface area contributed by atoms with Gasteiger partial charge in [-0.3, -0.25) is 14.9 Å². The van der Waals surface area contributed by atoms with Crippen LogP contribution in [0.25, 0.3) is 0 Å². The van der Waals surface area contributed by atoms with E-state index in [-0.39, 0.29) is 11.9 Å². The van der Waals surface area contributed by atoms with E-state index in [1.807, 2.05) is 13.8 Å². The van der Waals surface area contributed by atoms with Crippen molar-refractivity contribution in [3.05, 3.63) is 0 Å². The molecule has 0 aliphatic carbocycles. The Morgan fingerprint density at radius 2 is 1.83 bits per heavy atom. The molecule has 2 unspecified atom stereocenters. The van der Waals surface area contributed by atoms with E-state index >= 15 is 0 Å². The maximum absolute atomic E-state index is 11.7. The molecule has 0 radical (unpaired) electrons. The van der Waals surface area contributed by atoms with Crippen LogP contribution in [0.2, 0.25) is 0 Å². The maximum Gasteiger partial charge on any atom is 0.323 e. The first-order chi connectivity index (χ1) is 8.56. The fourth-order valence-electron chi connectivity index (χ4n) is 1.58. The van der Waals surface area contributed by atoms with Gasteiger partial charge < -0.3 is 10.1 Å². The molecule has 0 saturated heterocycles. The number of hydrogen-bond acceptors (Lipinski definition) is 4. The number of carbonyl (C=O) groups excluding carboxylic acids is 2. The Balaban J connectivity index is 4.29. The lowest BCUT2D eigenvalue weighted by Crippen LogP contribution is -2.50. The highest BCUT2D eigenvalue weighted by atomic mass is 16.5. The molecule has 0 heterocycles. The van der Waals surface area contributed by atoms with E-state index in [1.54, 1.807) is 13.8 Å². The minimum absolute atomic E-state index is 0.0812. The predicted octanol–water partition coefficient (Wildman–Crippen LogP) is 1.22. The average Bonchev–Trinajstić information content (AvgIpc) is 2.35. The van der Waals surface area contributed by atoms with E-state index in [1.165, 1.54) is 0 Å². The van der Waals surface area contributed by atoms with Crippen molar-refractivity contribution >= 4 is 11.9 Å². The summed E-state index contributed by atoms with van der Waals surface area (Å²) < 4.78 is 4.99. The zero-order chi connectivity index (χ0) is 14.0. The Morgan fingerprint density at radius 1 is 1.17 bits per heavy atom. The van der Waals surface area contributed by atoms with Crippen LogP contribution in [0.5, 0.6) is 0 Å². The van der Waals surface area contributed by atoms with E-state index in [0.29, 0.717) is 19.6 Å². The van der Waals surface area contributed by atoms with E-state index < -0.39 is 12.1 Å². The quantitative estimate of drug-likeness (QED) is 0.610. The van der Waals surface area contributed by atoms with Crippen molar-refractivity contribution in [3.8, 4) is 0 Å². The molecule has 0 bridgehead atoms. The van der Waals surface area contributed by atoms with E-state index in [2.05, 4.69) is 10.6 Å². The van der Waals surface area contributed by atoms with Gasteiger partial charge in [0.1, 0.15) is 6.04 Å². The molecule has 0 aromatic rings. The van der Waals surface area contributed by atoms with Crippen molar-refractivity contribution in [2.45, 2.75) is 59.0 Å². The first-order valence-corrected chi connectivity index (χ1v) is 6.77. The van der Waals surface area contributed by atoms with Crippen molar-refractivity contribution in [2.24, 2.45) is 0 Å². The van der Waals surface area contributed by atoms with E-state index in [0.717, 1.165) is 12.8 Å². The molecule has 0 aromatic carbocycles. The lowest BCUT2D eigenvalue weighted by molar-refractivity contribution is -0.146. The van der Waals surface area contributed by atoms with Crippen molar-refractivity contribution in [2.75, 3.05) is 13.2 Å². The zero-order valence-corrected chi connectivity index (χ0v) is 11.9. The van der Waals surface area contributed by atoms with Crippen molar-refractivity contribution < 1.29 is 14.3 Å². The van der Waals surface area contributed by atoms with E-state index in [4.69, 9.17) is 4.74 Å². The summed E-state index contributed by atoms with van der Waals surface area (Å²) in [7, 11) is 0. The molecular weight excluding hydrogens is 232 g/mol. The minimum Gasteiger partial charge on any atom is -0.465 e. The van der Waals surface area contributed by atoms with Gasteiger partial charge in [-0.1, -0.05) is 20.3 Å². The van der Waals surface area contributed by atoms with Gasteiger partial charge >= 0.3 is 5.97 Å². The second kappa shape index (κ2) is 9.88. The van der Waals surface area contributed by atoms with Gasteiger partial charge in [-0.05, 0) is 26.7 Å². The second-order valence-corrected chi connectivity index (χ2v) is 4.27. The first kappa shape index (κ1) is 16.9. The molecule has 2 N–H and O–H groups in total. The van der Waals surface area contributed by atoms with Gasteiger partial charge in [0.25, 0.3) is 0 Å². The highest BCUT2D eigenvalue weighted by Crippen LogP contribution is 2.01. The molecule has 18 heavy (non-hydrogen) atoms. The summed E-state index contributed by atoms with van der Waals surface area (Å²) in [6, 6.07) is -0.796. The molecule has 5 nitrogen and oxygen atoms in total.